The van der Waals surface area contributed by atoms with E-state index in [0.717, 1.165) is 16.7 Å². The number of benzene rings is 3. The average Bonchev–Trinajstić information content (AvgIpc) is 3.03. The molecular weight excluding hydrogens is 454 g/mol. The Hall–Kier alpha value is -2.24. The standard InChI is InChI=1S/C21H15Br2N3/c22-19-24-20(23)26(25-19)21(16-10-4-1-5-11-16,17-12-6-2-7-13-17)18-14-8-3-9-15-18/h1-15H. The van der Waals surface area contributed by atoms with Gasteiger partial charge >= 0.3 is 0 Å². The molecule has 4 rings (SSSR count). The Morgan fingerprint density at radius 3 is 1.31 bits per heavy atom. The zero-order valence-corrected chi connectivity index (χ0v) is 16.9. The highest BCUT2D eigenvalue weighted by atomic mass is 79.9. The molecule has 5 heteroatoms. The van der Waals surface area contributed by atoms with Gasteiger partial charge in [0.1, 0.15) is 5.54 Å². The first kappa shape index (κ1) is 17.2. The first-order chi connectivity index (χ1) is 12.7. The number of halogens is 2. The van der Waals surface area contributed by atoms with Crippen molar-refractivity contribution in [1.29, 1.82) is 0 Å². The molecule has 0 radical (unpaired) electrons. The molecule has 0 bridgehead atoms. The van der Waals surface area contributed by atoms with E-state index in [9.17, 15) is 0 Å². The summed E-state index contributed by atoms with van der Waals surface area (Å²) in [5.74, 6) is 0. The second-order valence-corrected chi connectivity index (χ2v) is 7.29. The summed E-state index contributed by atoms with van der Waals surface area (Å²) in [5.41, 5.74) is 2.67. The highest BCUT2D eigenvalue weighted by Gasteiger charge is 2.41. The number of hydrogen-bond donors (Lipinski definition) is 0. The van der Waals surface area contributed by atoms with Gasteiger partial charge < -0.3 is 0 Å². The Morgan fingerprint density at radius 1 is 0.615 bits per heavy atom. The minimum Gasteiger partial charge on any atom is -0.219 e. The van der Waals surface area contributed by atoms with Gasteiger partial charge in [0.25, 0.3) is 0 Å². The van der Waals surface area contributed by atoms with Gasteiger partial charge in [-0.25, -0.2) is 4.68 Å². The van der Waals surface area contributed by atoms with Gasteiger partial charge in [-0.15, -0.1) is 5.10 Å². The number of hydrogen-bond acceptors (Lipinski definition) is 2. The van der Waals surface area contributed by atoms with Crippen molar-refractivity contribution in [2.75, 3.05) is 0 Å². The van der Waals surface area contributed by atoms with Crippen LogP contribution in [-0.4, -0.2) is 14.8 Å². The van der Waals surface area contributed by atoms with Gasteiger partial charge in [-0.05, 0) is 48.6 Å². The van der Waals surface area contributed by atoms with Crippen LogP contribution in [0.1, 0.15) is 16.7 Å². The van der Waals surface area contributed by atoms with Crippen molar-refractivity contribution >= 4 is 31.9 Å². The molecule has 0 aliphatic heterocycles. The van der Waals surface area contributed by atoms with E-state index in [-0.39, 0.29) is 0 Å². The van der Waals surface area contributed by atoms with Crippen molar-refractivity contribution in [3.8, 4) is 0 Å². The zero-order valence-electron chi connectivity index (χ0n) is 13.8. The lowest BCUT2D eigenvalue weighted by molar-refractivity contribution is 0.447. The molecule has 0 aliphatic carbocycles. The van der Waals surface area contributed by atoms with Crippen molar-refractivity contribution in [3.05, 3.63) is 117 Å². The predicted octanol–water partition coefficient (Wildman–Crippen LogP) is 5.64. The number of rotatable bonds is 4. The van der Waals surface area contributed by atoms with E-state index in [4.69, 9.17) is 0 Å². The number of aromatic nitrogens is 3. The molecular formula is C21H15Br2N3. The molecule has 0 saturated heterocycles. The second-order valence-electron chi connectivity index (χ2n) is 5.87. The highest BCUT2D eigenvalue weighted by Crippen LogP contribution is 2.41. The first-order valence-corrected chi connectivity index (χ1v) is 9.76. The van der Waals surface area contributed by atoms with E-state index in [1.54, 1.807) is 0 Å². The predicted molar refractivity (Wildman–Crippen MR) is 110 cm³/mol. The Bertz CT molecular complexity index is 903. The molecule has 0 aliphatic rings. The fraction of sp³-hybridized carbons (Fsp3) is 0.0476. The van der Waals surface area contributed by atoms with Crippen LogP contribution in [0.2, 0.25) is 0 Å². The average molecular weight is 469 g/mol. The smallest absolute Gasteiger partial charge is 0.218 e. The van der Waals surface area contributed by atoms with Gasteiger partial charge in [0.05, 0.1) is 0 Å². The third-order valence-electron chi connectivity index (χ3n) is 4.43. The van der Waals surface area contributed by atoms with Crippen molar-refractivity contribution in [2.45, 2.75) is 5.54 Å². The quantitative estimate of drug-likeness (QED) is 0.362. The van der Waals surface area contributed by atoms with Crippen molar-refractivity contribution in [2.24, 2.45) is 0 Å². The van der Waals surface area contributed by atoms with Crippen LogP contribution in [0.5, 0.6) is 0 Å². The van der Waals surface area contributed by atoms with Crippen LogP contribution >= 0.6 is 31.9 Å². The Morgan fingerprint density at radius 2 is 1.00 bits per heavy atom. The molecule has 0 fully saturated rings. The van der Waals surface area contributed by atoms with Gasteiger partial charge in [0, 0.05) is 0 Å². The Labute approximate surface area is 169 Å². The molecule has 26 heavy (non-hydrogen) atoms. The van der Waals surface area contributed by atoms with Crippen LogP contribution in [0.4, 0.5) is 0 Å². The van der Waals surface area contributed by atoms with Crippen LogP contribution in [0.3, 0.4) is 0 Å². The van der Waals surface area contributed by atoms with E-state index in [1.807, 2.05) is 22.9 Å². The fourth-order valence-corrected chi connectivity index (χ4v) is 4.47. The summed E-state index contributed by atoms with van der Waals surface area (Å²) in [7, 11) is 0. The maximum Gasteiger partial charge on any atom is 0.218 e. The second kappa shape index (κ2) is 7.17. The summed E-state index contributed by atoms with van der Waals surface area (Å²) in [6, 6.07) is 31.1. The molecule has 0 spiro atoms. The van der Waals surface area contributed by atoms with Crippen molar-refractivity contribution in [3.63, 3.8) is 0 Å². The van der Waals surface area contributed by atoms with Crippen LogP contribution in [-0.2, 0) is 5.54 Å². The summed E-state index contributed by atoms with van der Waals surface area (Å²) >= 11 is 7.02. The summed E-state index contributed by atoms with van der Waals surface area (Å²) in [6.07, 6.45) is 0. The summed E-state index contributed by atoms with van der Waals surface area (Å²) < 4.78 is 3.12. The molecule has 3 nitrogen and oxygen atoms in total. The van der Waals surface area contributed by atoms with E-state index >= 15 is 0 Å². The zero-order chi connectivity index (χ0) is 18.0. The fourth-order valence-electron chi connectivity index (χ4n) is 3.39. The molecule has 1 heterocycles. The Kier molecular flexibility index (Phi) is 4.74. The Balaban J connectivity index is 2.16. The lowest BCUT2D eigenvalue weighted by Gasteiger charge is -2.36. The van der Waals surface area contributed by atoms with Gasteiger partial charge in [0.2, 0.25) is 4.73 Å². The first-order valence-electron chi connectivity index (χ1n) is 8.18. The highest BCUT2D eigenvalue weighted by molar-refractivity contribution is 9.11. The lowest BCUT2D eigenvalue weighted by Crippen LogP contribution is -2.38. The molecule has 0 N–H and O–H groups in total. The molecule has 0 unspecified atom stereocenters. The molecule has 4 aromatic rings. The van der Waals surface area contributed by atoms with E-state index in [0.29, 0.717) is 9.47 Å². The summed E-state index contributed by atoms with van der Waals surface area (Å²) in [4.78, 5) is 4.44. The topological polar surface area (TPSA) is 30.7 Å². The van der Waals surface area contributed by atoms with Crippen LogP contribution in [0.25, 0.3) is 0 Å². The third kappa shape index (κ3) is 2.81. The molecule has 0 amide bonds. The number of nitrogens with zero attached hydrogens (tertiary/aromatic N) is 3. The molecule has 0 saturated carbocycles. The lowest BCUT2D eigenvalue weighted by atomic mass is 9.77. The van der Waals surface area contributed by atoms with Gasteiger partial charge in [-0.3, -0.25) is 0 Å². The molecule has 128 valence electrons. The molecule has 0 atom stereocenters. The van der Waals surface area contributed by atoms with Gasteiger partial charge in [-0.2, -0.15) is 4.98 Å². The maximum absolute atomic E-state index is 4.69. The normalized spacial score (nSPS) is 11.5. The monoisotopic (exact) mass is 467 g/mol. The van der Waals surface area contributed by atoms with Gasteiger partial charge in [0.15, 0.2) is 4.73 Å². The van der Waals surface area contributed by atoms with Crippen LogP contribution in [0.15, 0.2) is 100 Å². The summed E-state index contributed by atoms with van der Waals surface area (Å²) in [5, 5.41) is 4.69. The van der Waals surface area contributed by atoms with E-state index < -0.39 is 5.54 Å². The molecule has 1 aromatic heterocycles. The SMILES string of the molecule is Brc1nc(Br)n(C(c2ccccc2)(c2ccccc2)c2ccccc2)n1. The minimum absolute atomic E-state index is 0.538. The van der Waals surface area contributed by atoms with E-state index in [2.05, 4.69) is 115 Å². The maximum atomic E-state index is 4.69. The van der Waals surface area contributed by atoms with Crippen LogP contribution < -0.4 is 0 Å². The van der Waals surface area contributed by atoms with Crippen molar-refractivity contribution < 1.29 is 0 Å². The van der Waals surface area contributed by atoms with Crippen LogP contribution in [0, 0.1) is 0 Å². The van der Waals surface area contributed by atoms with Gasteiger partial charge in [-0.1, -0.05) is 91.0 Å². The minimum atomic E-state index is -0.651. The van der Waals surface area contributed by atoms with Crippen molar-refractivity contribution in [1.82, 2.24) is 14.8 Å². The largest absolute Gasteiger partial charge is 0.219 e. The van der Waals surface area contributed by atoms with E-state index in [1.165, 1.54) is 0 Å². The third-order valence-corrected chi connectivity index (χ3v) is 5.28. The summed E-state index contributed by atoms with van der Waals surface area (Å²) in [6.45, 7) is 0. The molecule has 3 aromatic carbocycles.